The van der Waals surface area contributed by atoms with Crippen molar-refractivity contribution in [2.75, 3.05) is 6.54 Å². The van der Waals surface area contributed by atoms with Crippen LogP contribution in [0.1, 0.15) is 37.5 Å². The molecular formula is C16H22INO4. The highest BCUT2D eigenvalue weighted by molar-refractivity contribution is 14.1. The number of hydrogen-bond donors (Lipinski definition) is 2. The summed E-state index contributed by atoms with van der Waals surface area (Å²) in [5, 5.41) is 12.0. The van der Waals surface area contributed by atoms with Gasteiger partial charge in [-0.25, -0.2) is 0 Å². The van der Waals surface area contributed by atoms with E-state index >= 15 is 0 Å². The van der Waals surface area contributed by atoms with Crippen LogP contribution in [0.5, 0.6) is 0 Å². The Hall–Kier alpha value is -1.15. The van der Waals surface area contributed by atoms with Gasteiger partial charge in [0.1, 0.15) is 5.60 Å². The van der Waals surface area contributed by atoms with Gasteiger partial charge in [-0.3, -0.25) is 9.59 Å². The number of benzene rings is 1. The average molecular weight is 419 g/mol. The maximum absolute atomic E-state index is 11.6. The van der Waals surface area contributed by atoms with E-state index in [1.165, 1.54) is 0 Å². The van der Waals surface area contributed by atoms with E-state index in [-0.39, 0.29) is 18.9 Å². The lowest BCUT2D eigenvalue weighted by Gasteiger charge is -2.19. The maximum Gasteiger partial charge on any atom is 0.320 e. The molecule has 1 aromatic carbocycles. The first-order valence-electron chi connectivity index (χ1n) is 7.01. The number of hydrogen-bond acceptors (Lipinski definition) is 4. The monoisotopic (exact) mass is 419 g/mol. The first-order valence-corrected chi connectivity index (χ1v) is 8.08. The summed E-state index contributed by atoms with van der Waals surface area (Å²) < 4.78 is 6.23. The molecule has 0 spiro atoms. The number of carbonyl (C=O) groups excluding carboxylic acids is 1. The Balaban J connectivity index is 2.65. The molecule has 0 unspecified atom stereocenters. The number of carbonyl (C=O) groups is 2. The second-order valence-corrected chi connectivity index (χ2v) is 7.28. The fraction of sp³-hybridized carbons (Fsp3) is 0.500. The van der Waals surface area contributed by atoms with Crippen molar-refractivity contribution in [2.45, 2.75) is 46.3 Å². The van der Waals surface area contributed by atoms with Gasteiger partial charge < -0.3 is 15.2 Å². The number of rotatable bonds is 6. The van der Waals surface area contributed by atoms with Gasteiger partial charge in [0, 0.05) is 10.1 Å². The Morgan fingerprint density at radius 3 is 2.50 bits per heavy atom. The number of esters is 1. The van der Waals surface area contributed by atoms with Crippen molar-refractivity contribution < 1.29 is 19.4 Å². The summed E-state index contributed by atoms with van der Waals surface area (Å²) in [6.45, 7) is 8.00. The van der Waals surface area contributed by atoms with Gasteiger partial charge in [-0.1, -0.05) is 6.07 Å². The number of nitrogens with one attached hydrogen (secondary N) is 1. The van der Waals surface area contributed by atoms with Gasteiger partial charge in [-0.2, -0.15) is 0 Å². The third kappa shape index (κ3) is 6.74. The van der Waals surface area contributed by atoms with Crippen molar-refractivity contribution in [3.8, 4) is 0 Å². The lowest BCUT2D eigenvalue weighted by molar-refractivity contribution is -0.153. The molecule has 0 amide bonds. The predicted octanol–water partition coefficient (Wildman–Crippen LogP) is 2.66. The third-order valence-corrected chi connectivity index (χ3v) is 3.99. The van der Waals surface area contributed by atoms with Crippen LogP contribution in [0.3, 0.4) is 0 Å². The van der Waals surface area contributed by atoms with Crippen LogP contribution in [-0.4, -0.2) is 29.2 Å². The molecule has 0 fully saturated rings. The highest BCUT2D eigenvalue weighted by Crippen LogP contribution is 2.19. The van der Waals surface area contributed by atoms with Crippen molar-refractivity contribution >= 4 is 34.5 Å². The lowest BCUT2D eigenvalue weighted by Crippen LogP contribution is -2.31. The summed E-state index contributed by atoms with van der Waals surface area (Å²) in [4.78, 5) is 22.5. The number of halogens is 1. The molecule has 1 rings (SSSR count). The van der Waals surface area contributed by atoms with E-state index in [0.29, 0.717) is 6.54 Å². The Kier molecular flexibility index (Phi) is 6.80. The minimum absolute atomic E-state index is 0.00173. The van der Waals surface area contributed by atoms with Crippen LogP contribution >= 0.6 is 22.6 Å². The second-order valence-electron chi connectivity index (χ2n) is 6.12. The topological polar surface area (TPSA) is 75.6 Å². The molecule has 1 aromatic rings. The highest BCUT2D eigenvalue weighted by atomic mass is 127. The fourth-order valence-corrected chi connectivity index (χ4v) is 2.68. The summed E-state index contributed by atoms with van der Waals surface area (Å²) in [6.07, 6.45) is 0.00173. The normalized spacial score (nSPS) is 11.3. The van der Waals surface area contributed by atoms with Crippen LogP contribution in [0, 0.1) is 10.5 Å². The predicted molar refractivity (Wildman–Crippen MR) is 92.8 cm³/mol. The molecule has 0 aromatic heterocycles. The molecule has 0 aliphatic rings. The van der Waals surface area contributed by atoms with Gasteiger partial charge in [0.15, 0.2) is 0 Å². The molecule has 0 aliphatic heterocycles. The molecule has 6 heteroatoms. The van der Waals surface area contributed by atoms with E-state index < -0.39 is 11.6 Å². The molecule has 0 atom stereocenters. The second kappa shape index (κ2) is 7.92. The molecule has 0 bridgehead atoms. The van der Waals surface area contributed by atoms with Crippen LogP contribution in [-0.2, 0) is 27.3 Å². The zero-order valence-corrected chi connectivity index (χ0v) is 15.5. The average Bonchev–Trinajstić information content (AvgIpc) is 2.32. The van der Waals surface area contributed by atoms with Crippen LogP contribution in [0.15, 0.2) is 12.1 Å². The summed E-state index contributed by atoms with van der Waals surface area (Å²) in [5.74, 6) is -1.15. The summed E-state index contributed by atoms with van der Waals surface area (Å²) >= 11 is 2.19. The zero-order valence-electron chi connectivity index (χ0n) is 13.3. The zero-order chi connectivity index (χ0) is 16.9. The summed E-state index contributed by atoms with van der Waals surface area (Å²) in [7, 11) is 0. The molecule has 122 valence electrons. The molecular weight excluding hydrogens is 397 g/mol. The van der Waals surface area contributed by atoms with Crippen molar-refractivity contribution in [1.29, 1.82) is 0 Å². The molecule has 0 radical (unpaired) electrons. The Bertz CT molecular complexity index is 564. The minimum Gasteiger partial charge on any atom is -0.481 e. The van der Waals surface area contributed by atoms with Crippen LogP contribution in [0.4, 0.5) is 0 Å². The standard InChI is InChI=1S/C16H22INO4/c1-10-12(7-14(19)20)5-11(6-13(10)17)8-18-9-15(21)22-16(2,3)4/h5-6,18H,7-9H2,1-4H3,(H,19,20). The molecule has 22 heavy (non-hydrogen) atoms. The molecule has 2 N–H and O–H groups in total. The first-order chi connectivity index (χ1) is 10.1. The Morgan fingerprint density at radius 1 is 1.32 bits per heavy atom. The highest BCUT2D eigenvalue weighted by Gasteiger charge is 2.15. The fourth-order valence-electron chi connectivity index (χ4n) is 1.93. The van der Waals surface area contributed by atoms with E-state index in [1.54, 1.807) is 0 Å². The third-order valence-electron chi connectivity index (χ3n) is 2.87. The summed E-state index contributed by atoms with van der Waals surface area (Å²) in [5.41, 5.74) is 2.24. The SMILES string of the molecule is Cc1c(I)cc(CNCC(=O)OC(C)(C)C)cc1CC(=O)O. The maximum atomic E-state index is 11.6. The van der Waals surface area contributed by atoms with Crippen molar-refractivity contribution in [1.82, 2.24) is 5.32 Å². The first kappa shape index (κ1) is 18.9. The number of carboxylic acid groups (broad SMARTS) is 1. The number of ether oxygens (including phenoxy) is 1. The van der Waals surface area contributed by atoms with Gasteiger partial charge in [0.25, 0.3) is 0 Å². The lowest BCUT2D eigenvalue weighted by atomic mass is 10.0. The van der Waals surface area contributed by atoms with Crippen molar-refractivity contribution in [3.63, 3.8) is 0 Å². The van der Waals surface area contributed by atoms with Crippen LogP contribution in [0.25, 0.3) is 0 Å². The van der Waals surface area contributed by atoms with Crippen LogP contribution < -0.4 is 5.32 Å². The number of carboxylic acids is 1. The molecule has 0 aliphatic carbocycles. The van der Waals surface area contributed by atoms with E-state index in [4.69, 9.17) is 9.84 Å². The summed E-state index contributed by atoms with van der Waals surface area (Å²) in [6, 6.07) is 3.86. The van der Waals surface area contributed by atoms with Gasteiger partial charge in [0.2, 0.25) is 0 Å². The van der Waals surface area contributed by atoms with Crippen molar-refractivity contribution in [2.24, 2.45) is 0 Å². The Labute approximate surface area is 144 Å². The molecule has 0 saturated carbocycles. The number of aliphatic carboxylic acids is 1. The smallest absolute Gasteiger partial charge is 0.320 e. The minimum atomic E-state index is -0.849. The van der Waals surface area contributed by atoms with E-state index in [0.717, 1.165) is 20.3 Å². The van der Waals surface area contributed by atoms with Gasteiger partial charge in [0.05, 0.1) is 13.0 Å². The largest absolute Gasteiger partial charge is 0.481 e. The molecule has 0 saturated heterocycles. The van der Waals surface area contributed by atoms with E-state index in [1.807, 2.05) is 39.8 Å². The van der Waals surface area contributed by atoms with Gasteiger partial charge in [-0.15, -0.1) is 0 Å². The Morgan fingerprint density at radius 2 is 1.95 bits per heavy atom. The van der Waals surface area contributed by atoms with Crippen molar-refractivity contribution in [3.05, 3.63) is 32.4 Å². The quantitative estimate of drug-likeness (QED) is 0.548. The molecule has 5 nitrogen and oxygen atoms in total. The molecule has 0 heterocycles. The van der Waals surface area contributed by atoms with Gasteiger partial charge in [-0.05, 0) is 73.0 Å². The van der Waals surface area contributed by atoms with Gasteiger partial charge >= 0.3 is 11.9 Å². The van der Waals surface area contributed by atoms with E-state index in [2.05, 4.69) is 27.9 Å². The van der Waals surface area contributed by atoms with Crippen LogP contribution in [0.2, 0.25) is 0 Å². The van der Waals surface area contributed by atoms with E-state index in [9.17, 15) is 9.59 Å².